The Morgan fingerprint density at radius 3 is 2.61 bits per heavy atom. The molecule has 0 spiro atoms. The van der Waals surface area contributed by atoms with E-state index in [1.165, 1.54) is 0 Å². The van der Waals surface area contributed by atoms with Gasteiger partial charge in [0.25, 0.3) is 0 Å². The quantitative estimate of drug-likeness (QED) is 0.418. The number of hydrogen-bond acceptors (Lipinski definition) is 4. The smallest absolute Gasteiger partial charge is 0.196 e. The first kappa shape index (κ1) is 18.6. The minimum atomic E-state index is 0.665. The highest BCUT2D eigenvalue weighted by Crippen LogP contribution is 2.33. The van der Waals surface area contributed by atoms with Crippen LogP contribution in [0.15, 0.2) is 59.9 Å². The van der Waals surface area contributed by atoms with E-state index >= 15 is 0 Å². The van der Waals surface area contributed by atoms with Gasteiger partial charge >= 0.3 is 0 Å². The molecular weight excluding hydrogens is 368 g/mol. The zero-order valence-corrected chi connectivity index (χ0v) is 17.2. The van der Waals surface area contributed by atoms with Crippen LogP contribution in [0.25, 0.3) is 28.0 Å². The summed E-state index contributed by atoms with van der Waals surface area (Å²) in [7, 11) is 1.68. The molecule has 0 amide bonds. The summed E-state index contributed by atoms with van der Waals surface area (Å²) in [6.45, 7) is 4.48. The van der Waals surface area contributed by atoms with Crippen molar-refractivity contribution in [2.75, 3.05) is 12.9 Å². The SMILES string of the molecule is COc1ccc(-n2c(SCCC(C)C)nnc2-c2c[nH]c3ccccc23)cc1. The third kappa shape index (κ3) is 3.64. The van der Waals surface area contributed by atoms with Gasteiger partial charge in [-0.25, -0.2) is 0 Å². The predicted octanol–water partition coefficient (Wildman–Crippen LogP) is 5.56. The molecule has 2 aromatic carbocycles. The molecular formula is C22H24N4OS. The number of ether oxygens (including phenoxy) is 1. The van der Waals surface area contributed by atoms with Crippen molar-refractivity contribution in [3.05, 3.63) is 54.7 Å². The molecule has 0 fully saturated rings. The van der Waals surface area contributed by atoms with Crippen LogP contribution in [0.3, 0.4) is 0 Å². The van der Waals surface area contributed by atoms with E-state index in [2.05, 4.69) is 45.7 Å². The second-order valence-electron chi connectivity index (χ2n) is 7.12. The predicted molar refractivity (Wildman–Crippen MR) is 115 cm³/mol. The first-order chi connectivity index (χ1) is 13.7. The van der Waals surface area contributed by atoms with Crippen molar-refractivity contribution in [1.29, 1.82) is 0 Å². The minimum Gasteiger partial charge on any atom is -0.497 e. The van der Waals surface area contributed by atoms with Crippen molar-refractivity contribution in [2.24, 2.45) is 5.92 Å². The molecule has 0 aliphatic carbocycles. The van der Waals surface area contributed by atoms with Gasteiger partial charge in [-0.05, 0) is 42.7 Å². The van der Waals surface area contributed by atoms with Crippen LogP contribution in [0.2, 0.25) is 0 Å². The molecule has 0 unspecified atom stereocenters. The molecule has 2 aromatic heterocycles. The van der Waals surface area contributed by atoms with Gasteiger partial charge in [-0.3, -0.25) is 4.57 Å². The van der Waals surface area contributed by atoms with Crippen molar-refractivity contribution in [3.63, 3.8) is 0 Å². The molecule has 5 nitrogen and oxygen atoms in total. The highest BCUT2D eigenvalue weighted by Gasteiger charge is 2.19. The van der Waals surface area contributed by atoms with E-state index < -0.39 is 0 Å². The highest BCUT2D eigenvalue weighted by molar-refractivity contribution is 7.99. The Labute approximate surface area is 169 Å². The van der Waals surface area contributed by atoms with E-state index in [1.807, 2.05) is 42.6 Å². The Hall–Kier alpha value is -2.73. The highest BCUT2D eigenvalue weighted by atomic mass is 32.2. The average Bonchev–Trinajstić information content (AvgIpc) is 3.31. The molecule has 0 bridgehead atoms. The van der Waals surface area contributed by atoms with Gasteiger partial charge in [-0.1, -0.05) is 43.8 Å². The Morgan fingerprint density at radius 2 is 1.86 bits per heavy atom. The zero-order chi connectivity index (χ0) is 19.5. The lowest BCUT2D eigenvalue weighted by Gasteiger charge is -2.11. The van der Waals surface area contributed by atoms with Crippen LogP contribution in [0.5, 0.6) is 5.75 Å². The van der Waals surface area contributed by atoms with Gasteiger partial charge in [0.15, 0.2) is 11.0 Å². The topological polar surface area (TPSA) is 55.7 Å². The number of benzene rings is 2. The maximum atomic E-state index is 5.32. The van der Waals surface area contributed by atoms with Gasteiger partial charge in [0, 0.05) is 34.1 Å². The number of fused-ring (bicyclic) bond motifs is 1. The number of nitrogens with one attached hydrogen (secondary N) is 1. The van der Waals surface area contributed by atoms with Crippen LogP contribution < -0.4 is 4.74 Å². The fourth-order valence-corrected chi connectivity index (χ4v) is 4.34. The van der Waals surface area contributed by atoms with Gasteiger partial charge in [0.1, 0.15) is 5.75 Å². The van der Waals surface area contributed by atoms with E-state index in [9.17, 15) is 0 Å². The molecule has 6 heteroatoms. The van der Waals surface area contributed by atoms with E-state index in [4.69, 9.17) is 4.74 Å². The number of nitrogens with zero attached hydrogens (tertiary/aromatic N) is 3. The van der Waals surface area contributed by atoms with E-state index in [0.717, 1.165) is 51.1 Å². The van der Waals surface area contributed by atoms with Crippen LogP contribution in [0.4, 0.5) is 0 Å². The summed E-state index contributed by atoms with van der Waals surface area (Å²) in [5.41, 5.74) is 3.17. The fourth-order valence-electron chi connectivity index (χ4n) is 3.14. The van der Waals surface area contributed by atoms with E-state index in [0.29, 0.717) is 5.92 Å². The Bertz CT molecular complexity index is 1070. The van der Waals surface area contributed by atoms with Crippen LogP contribution in [0.1, 0.15) is 20.3 Å². The van der Waals surface area contributed by atoms with Gasteiger partial charge in [0.2, 0.25) is 0 Å². The molecule has 0 radical (unpaired) electrons. The van der Waals surface area contributed by atoms with Crippen LogP contribution >= 0.6 is 11.8 Å². The number of aromatic amines is 1. The van der Waals surface area contributed by atoms with Crippen molar-refractivity contribution >= 4 is 22.7 Å². The molecule has 4 rings (SSSR count). The summed E-state index contributed by atoms with van der Waals surface area (Å²) in [5.74, 6) is 3.35. The molecule has 1 N–H and O–H groups in total. The summed E-state index contributed by atoms with van der Waals surface area (Å²) < 4.78 is 7.46. The zero-order valence-electron chi connectivity index (χ0n) is 16.3. The number of H-pyrrole nitrogens is 1. The van der Waals surface area contributed by atoms with Crippen molar-refractivity contribution in [3.8, 4) is 22.8 Å². The first-order valence-electron chi connectivity index (χ1n) is 9.46. The molecule has 144 valence electrons. The average molecular weight is 393 g/mol. The van der Waals surface area contributed by atoms with E-state index in [-0.39, 0.29) is 0 Å². The minimum absolute atomic E-state index is 0.665. The summed E-state index contributed by atoms with van der Waals surface area (Å²) in [4.78, 5) is 3.34. The maximum absolute atomic E-state index is 5.32. The number of hydrogen-bond donors (Lipinski definition) is 1. The molecule has 28 heavy (non-hydrogen) atoms. The number of aromatic nitrogens is 4. The molecule has 0 saturated heterocycles. The van der Waals surface area contributed by atoms with Crippen LogP contribution in [-0.4, -0.2) is 32.6 Å². The Morgan fingerprint density at radius 1 is 1.07 bits per heavy atom. The van der Waals surface area contributed by atoms with Crippen molar-refractivity contribution in [1.82, 2.24) is 19.7 Å². The van der Waals surface area contributed by atoms with Gasteiger partial charge in [0.05, 0.1) is 7.11 Å². The lowest BCUT2D eigenvalue weighted by atomic mass is 10.1. The van der Waals surface area contributed by atoms with Crippen LogP contribution in [0, 0.1) is 5.92 Å². The van der Waals surface area contributed by atoms with Crippen molar-refractivity contribution < 1.29 is 4.74 Å². The third-order valence-corrected chi connectivity index (χ3v) is 5.68. The van der Waals surface area contributed by atoms with Gasteiger partial charge in [-0.2, -0.15) is 0 Å². The monoisotopic (exact) mass is 392 g/mol. The maximum Gasteiger partial charge on any atom is 0.196 e. The number of para-hydroxylation sites is 1. The summed E-state index contributed by atoms with van der Waals surface area (Å²) in [6, 6.07) is 16.3. The second-order valence-corrected chi connectivity index (χ2v) is 8.18. The largest absolute Gasteiger partial charge is 0.497 e. The van der Waals surface area contributed by atoms with Crippen LogP contribution in [-0.2, 0) is 0 Å². The van der Waals surface area contributed by atoms with E-state index in [1.54, 1.807) is 18.9 Å². The molecule has 2 heterocycles. The second kappa shape index (κ2) is 8.10. The normalized spacial score (nSPS) is 11.4. The lowest BCUT2D eigenvalue weighted by Crippen LogP contribution is -2.00. The fraction of sp³-hybridized carbons (Fsp3) is 0.273. The summed E-state index contributed by atoms with van der Waals surface area (Å²) in [5, 5.41) is 11.1. The van der Waals surface area contributed by atoms with Crippen molar-refractivity contribution in [2.45, 2.75) is 25.4 Å². The molecule has 0 atom stereocenters. The number of rotatable bonds is 7. The Balaban J connectivity index is 1.80. The summed E-state index contributed by atoms with van der Waals surface area (Å²) >= 11 is 1.75. The lowest BCUT2D eigenvalue weighted by molar-refractivity contribution is 0.414. The number of thioether (sulfide) groups is 1. The summed E-state index contributed by atoms with van der Waals surface area (Å²) in [6.07, 6.45) is 3.15. The molecule has 4 aromatic rings. The molecule has 0 aliphatic heterocycles. The van der Waals surface area contributed by atoms with Gasteiger partial charge < -0.3 is 9.72 Å². The Kier molecular flexibility index (Phi) is 5.39. The standard InChI is InChI=1S/C22H24N4OS/c1-15(2)12-13-28-22-25-24-21(19-14-23-20-7-5-4-6-18(19)20)26(22)16-8-10-17(27-3)11-9-16/h4-11,14-15,23H,12-13H2,1-3H3. The third-order valence-electron chi connectivity index (χ3n) is 4.72. The molecule has 0 saturated carbocycles. The first-order valence-corrected chi connectivity index (χ1v) is 10.4. The van der Waals surface area contributed by atoms with Gasteiger partial charge in [-0.15, -0.1) is 10.2 Å². The molecule has 0 aliphatic rings. The number of methoxy groups -OCH3 is 1.